The largest absolute Gasteiger partial charge is 0.493 e. The molecule has 0 saturated heterocycles. The van der Waals surface area contributed by atoms with Crippen LogP contribution in [0.15, 0.2) is 42.5 Å². The van der Waals surface area contributed by atoms with Crippen LogP contribution in [0.25, 0.3) is 5.69 Å². The molecule has 3 aromatic rings. The van der Waals surface area contributed by atoms with E-state index in [1.807, 2.05) is 31.2 Å². The van der Waals surface area contributed by atoms with Gasteiger partial charge in [0.2, 0.25) is 5.91 Å². The van der Waals surface area contributed by atoms with Crippen LogP contribution in [-0.2, 0) is 4.79 Å². The maximum absolute atomic E-state index is 12.2. The van der Waals surface area contributed by atoms with Crippen molar-refractivity contribution in [2.75, 3.05) is 31.4 Å². The monoisotopic (exact) mass is 368 g/mol. The average molecular weight is 368 g/mol. The summed E-state index contributed by atoms with van der Waals surface area (Å²) in [5.74, 6) is 1.64. The number of carbonyl (C=O) groups is 1. The fourth-order valence-electron chi connectivity index (χ4n) is 2.52. The Morgan fingerprint density at radius 3 is 2.59 bits per heavy atom. The number of ether oxygens (including phenoxy) is 2. The number of methoxy groups -OCH3 is 2. The molecule has 0 atom stereocenters. The van der Waals surface area contributed by atoms with Gasteiger partial charge in [-0.2, -0.15) is 4.68 Å². The lowest BCUT2D eigenvalue weighted by molar-refractivity contribution is -0.114. The van der Waals surface area contributed by atoms with Gasteiger partial charge >= 0.3 is 0 Å². The zero-order chi connectivity index (χ0) is 19.2. The van der Waals surface area contributed by atoms with Crippen molar-refractivity contribution >= 4 is 17.3 Å². The van der Waals surface area contributed by atoms with E-state index in [1.54, 1.807) is 37.1 Å². The van der Waals surface area contributed by atoms with Crippen molar-refractivity contribution in [1.82, 2.24) is 20.2 Å². The Bertz CT molecular complexity index is 940. The lowest BCUT2D eigenvalue weighted by atomic mass is 10.2. The van der Waals surface area contributed by atoms with Gasteiger partial charge in [-0.1, -0.05) is 6.07 Å². The van der Waals surface area contributed by atoms with E-state index in [4.69, 9.17) is 9.47 Å². The number of aromatic nitrogens is 4. The average Bonchev–Trinajstić information content (AvgIpc) is 3.12. The lowest BCUT2D eigenvalue weighted by Crippen LogP contribution is -2.21. The summed E-state index contributed by atoms with van der Waals surface area (Å²) in [6.45, 7) is 1.92. The number of hydrogen-bond acceptors (Lipinski definition) is 7. The van der Waals surface area contributed by atoms with E-state index in [0.29, 0.717) is 23.0 Å². The molecule has 0 unspecified atom stereocenters. The quantitative estimate of drug-likeness (QED) is 0.658. The van der Waals surface area contributed by atoms with Crippen molar-refractivity contribution in [2.45, 2.75) is 6.92 Å². The lowest BCUT2D eigenvalue weighted by Gasteiger charge is -2.12. The first-order valence-corrected chi connectivity index (χ1v) is 8.22. The Morgan fingerprint density at radius 2 is 1.89 bits per heavy atom. The summed E-state index contributed by atoms with van der Waals surface area (Å²) in [6.07, 6.45) is 0. The summed E-state index contributed by atoms with van der Waals surface area (Å²) in [7, 11) is 3.11. The molecular weight excluding hydrogens is 348 g/mol. The van der Waals surface area contributed by atoms with Gasteiger partial charge in [-0.25, -0.2) is 0 Å². The van der Waals surface area contributed by atoms with E-state index in [2.05, 4.69) is 26.2 Å². The van der Waals surface area contributed by atoms with Crippen molar-refractivity contribution in [2.24, 2.45) is 0 Å². The first-order valence-electron chi connectivity index (χ1n) is 8.22. The van der Waals surface area contributed by atoms with Crippen molar-refractivity contribution < 1.29 is 14.3 Å². The predicted octanol–water partition coefficient (Wildman–Crippen LogP) is 2.04. The normalized spacial score (nSPS) is 10.3. The molecule has 1 amide bonds. The van der Waals surface area contributed by atoms with Crippen LogP contribution in [0, 0.1) is 6.92 Å². The molecule has 0 aliphatic rings. The number of anilines is 2. The fourth-order valence-corrected chi connectivity index (χ4v) is 2.52. The number of amides is 1. The van der Waals surface area contributed by atoms with Gasteiger partial charge < -0.3 is 20.1 Å². The van der Waals surface area contributed by atoms with Gasteiger partial charge in [0.1, 0.15) is 0 Å². The molecule has 0 spiro atoms. The Balaban J connectivity index is 1.62. The van der Waals surface area contributed by atoms with Gasteiger partial charge in [0.15, 0.2) is 17.3 Å². The number of carbonyl (C=O) groups excluding carboxylic acids is 1. The Labute approximate surface area is 156 Å². The van der Waals surface area contributed by atoms with E-state index < -0.39 is 0 Å². The number of hydrogen-bond donors (Lipinski definition) is 2. The van der Waals surface area contributed by atoms with Crippen molar-refractivity contribution in [3.63, 3.8) is 0 Å². The minimum Gasteiger partial charge on any atom is -0.493 e. The molecule has 0 bridgehead atoms. The van der Waals surface area contributed by atoms with Crippen LogP contribution < -0.4 is 20.1 Å². The first kappa shape index (κ1) is 18.2. The molecule has 1 aromatic heterocycles. The minimum absolute atomic E-state index is 0.104. The minimum atomic E-state index is -0.189. The van der Waals surface area contributed by atoms with Crippen LogP contribution in [-0.4, -0.2) is 46.9 Å². The molecule has 0 aliphatic heterocycles. The topological polar surface area (TPSA) is 103 Å². The summed E-state index contributed by atoms with van der Waals surface area (Å²) < 4.78 is 12.0. The number of benzene rings is 2. The van der Waals surface area contributed by atoms with Crippen molar-refractivity contribution in [3.05, 3.63) is 48.3 Å². The summed E-state index contributed by atoms with van der Waals surface area (Å²) in [5.41, 5.74) is 2.21. The van der Waals surface area contributed by atoms with Gasteiger partial charge in [-0.15, -0.1) is 5.10 Å². The number of rotatable bonds is 7. The maximum atomic E-state index is 12.2. The smallest absolute Gasteiger partial charge is 0.243 e. The van der Waals surface area contributed by atoms with Gasteiger partial charge in [0, 0.05) is 17.4 Å². The third-order valence-corrected chi connectivity index (χ3v) is 3.84. The van der Waals surface area contributed by atoms with Gasteiger partial charge in [0.25, 0.3) is 0 Å². The molecule has 1 heterocycles. The second kappa shape index (κ2) is 8.17. The maximum Gasteiger partial charge on any atom is 0.243 e. The van der Waals surface area contributed by atoms with E-state index >= 15 is 0 Å². The van der Waals surface area contributed by atoms with Crippen LogP contribution in [0.2, 0.25) is 0 Å². The number of aryl methyl sites for hydroxylation is 1. The van der Waals surface area contributed by atoms with E-state index in [0.717, 1.165) is 11.4 Å². The molecule has 2 aromatic carbocycles. The number of nitrogens with zero attached hydrogens (tertiary/aromatic N) is 4. The Kier molecular flexibility index (Phi) is 5.50. The van der Waals surface area contributed by atoms with Crippen LogP contribution in [0.5, 0.6) is 11.5 Å². The van der Waals surface area contributed by atoms with Crippen LogP contribution >= 0.6 is 0 Å². The van der Waals surface area contributed by atoms with Crippen LogP contribution in [0.4, 0.5) is 11.4 Å². The van der Waals surface area contributed by atoms with Crippen LogP contribution in [0.1, 0.15) is 5.82 Å². The van der Waals surface area contributed by atoms with Gasteiger partial charge in [0.05, 0.1) is 26.5 Å². The summed E-state index contributed by atoms with van der Waals surface area (Å²) in [6, 6.07) is 12.7. The van der Waals surface area contributed by atoms with Crippen LogP contribution in [0.3, 0.4) is 0 Å². The van der Waals surface area contributed by atoms with E-state index in [1.165, 1.54) is 0 Å². The summed E-state index contributed by atoms with van der Waals surface area (Å²) in [4.78, 5) is 12.2. The SMILES string of the molecule is COc1ccc(NC(=O)CNc2cccc(-n3nnnc3C)c2)cc1OC. The molecule has 27 heavy (non-hydrogen) atoms. The van der Waals surface area contributed by atoms with Crippen molar-refractivity contribution in [1.29, 1.82) is 0 Å². The number of tetrazole rings is 1. The fraction of sp³-hybridized carbons (Fsp3) is 0.222. The highest BCUT2D eigenvalue weighted by Gasteiger charge is 2.08. The highest BCUT2D eigenvalue weighted by molar-refractivity contribution is 5.94. The predicted molar refractivity (Wildman–Crippen MR) is 101 cm³/mol. The highest BCUT2D eigenvalue weighted by atomic mass is 16.5. The van der Waals surface area contributed by atoms with E-state index in [9.17, 15) is 4.79 Å². The summed E-state index contributed by atoms with van der Waals surface area (Å²) in [5, 5.41) is 17.3. The second-order valence-corrected chi connectivity index (χ2v) is 5.66. The van der Waals surface area contributed by atoms with Gasteiger partial charge in [-0.3, -0.25) is 4.79 Å². The van der Waals surface area contributed by atoms with E-state index in [-0.39, 0.29) is 12.5 Å². The molecular formula is C18H20N6O3. The molecule has 140 valence electrons. The molecule has 9 heteroatoms. The first-order chi connectivity index (χ1) is 13.1. The summed E-state index contributed by atoms with van der Waals surface area (Å²) >= 11 is 0. The third-order valence-electron chi connectivity index (χ3n) is 3.84. The van der Waals surface area contributed by atoms with Gasteiger partial charge in [-0.05, 0) is 47.7 Å². The molecule has 0 fully saturated rings. The standard InChI is InChI=1S/C18H20N6O3/c1-12-21-22-23-24(12)15-6-4-5-13(9-15)19-11-18(25)20-14-7-8-16(26-2)17(10-14)27-3/h4-10,19H,11H2,1-3H3,(H,20,25). The molecule has 3 rings (SSSR count). The Morgan fingerprint density at radius 1 is 1.07 bits per heavy atom. The Hall–Kier alpha value is -3.62. The molecule has 9 nitrogen and oxygen atoms in total. The zero-order valence-corrected chi connectivity index (χ0v) is 15.3. The second-order valence-electron chi connectivity index (χ2n) is 5.66. The third kappa shape index (κ3) is 4.32. The molecule has 0 radical (unpaired) electrons. The molecule has 0 aliphatic carbocycles. The number of nitrogens with one attached hydrogen (secondary N) is 2. The zero-order valence-electron chi connectivity index (χ0n) is 15.3. The molecule has 2 N–H and O–H groups in total. The highest BCUT2D eigenvalue weighted by Crippen LogP contribution is 2.29. The van der Waals surface area contributed by atoms with Crippen molar-refractivity contribution in [3.8, 4) is 17.2 Å². The molecule has 0 saturated carbocycles.